The highest BCUT2D eigenvalue weighted by Gasteiger charge is 2.11. The van der Waals surface area contributed by atoms with Crippen LogP contribution in [0.2, 0.25) is 0 Å². The van der Waals surface area contributed by atoms with Gasteiger partial charge in [-0.15, -0.1) is 0 Å². The highest BCUT2D eigenvalue weighted by Crippen LogP contribution is 2.23. The van der Waals surface area contributed by atoms with Gasteiger partial charge in [0, 0.05) is 48.9 Å². The number of nitrogens with zero attached hydrogens (tertiary/aromatic N) is 1. The first kappa shape index (κ1) is 16.0. The first-order valence-corrected chi connectivity index (χ1v) is 7.96. The van der Waals surface area contributed by atoms with E-state index in [0.29, 0.717) is 23.3 Å². The van der Waals surface area contributed by atoms with Crippen LogP contribution in [0.25, 0.3) is 10.9 Å². The Hall–Kier alpha value is -1.89. The molecule has 2 N–H and O–H groups in total. The fourth-order valence-corrected chi connectivity index (χ4v) is 2.80. The number of pyridine rings is 1. The molecule has 0 saturated carbocycles. The van der Waals surface area contributed by atoms with E-state index in [9.17, 15) is 9.90 Å². The SMILES string of the molecule is O=c1cc[nH]c2cc(OCCCN3CCOCC3)c(CO)cc12. The van der Waals surface area contributed by atoms with E-state index in [1.165, 1.54) is 6.07 Å². The highest BCUT2D eigenvalue weighted by molar-refractivity contribution is 5.81. The number of nitrogens with one attached hydrogen (secondary N) is 1. The summed E-state index contributed by atoms with van der Waals surface area (Å²) < 4.78 is 11.2. The van der Waals surface area contributed by atoms with Crippen LogP contribution in [0.4, 0.5) is 0 Å². The molecule has 3 rings (SSSR count). The normalized spacial score (nSPS) is 15.9. The molecule has 1 aromatic carbocycles. The summed E-state index contributed by atoms with van der Waals surface area (Å²) in [5, 5.41) is 10.1. The van der Waals surface area contributed by atoms with Gasteiger partial charge >= 0.3 is 0 Å². The summed E-state index contributed by atoms with van der Waals surface area (Å²) in [6.45, 7) is 4.94. The van der Waals surface area contributed by atoms with Crippen molar-refractivity contribution >= 4 is 10.9 Å². The third kappa shape index (κ3) is 3.90. The van der Waals surface area contributed by atoms with Crippen LogP contribution in [0.5, 0.6) is 5.75 Å². The van der Waals surface area contributed by atoms with Gasteiger partial charge in [-0.1, -0.05) is 0 Å². The molecule has 1 saturated heterocycles. The van der Waals surface area contributed by atoms with Gasteiger partial charge in [0.2, 0.25) is 0 Å². The fourth-order valence-electron chi connectivity index (χ4n) is 2.80. The number of rotatable bonds is 6. The minimum atomic E-state index is -0.150. The number of aromatic amines is 1. The third-order valence-corrected chi connectivity index (χ3v) is 4.09. The zero-order valence-electron chi connectivity index (χ0n) is 13.1. The maximum atomic E-state index is 11.8. The number of aromatic nitrogens is 1. The summed E-state index contributed by atoms with van der Waals surface area (Å²) in [5.74, 6) is 0.629. The molecule has 23 heavy (non-hydrogen) atoms. The second-order valence-corrected chi connectivity index (χ2v) is 5.66. The van der Waals surface area contributed by atoms with Gasteiger partial charge in [-0.3, -0.25) is 9.69 Å². The van der Waals surface area contributed by atoms with E-state index in [4.69, 9.17) is 9.47 Å². The van der Waals surface area contributed by atoms with Crippen LogP contribution in [0.15, 0.2) is 29.2 Å². The number of aliphatic hydroxyl groups is 1. The summed E-state index contributed by atoms with van der Waals surface area (Å²) in [7, 11) is 0. The second kappa shape index (κ2) is 7.59. The number of hydrogen-bond donors (Lipinski definition) is 2. The molecule has 0 bridgehead atoms. The Morgan fingerprint density at radius 1 is 1.30 bits per heavy atom. The summed E-state index contributed by atoms with van der Waals surface area (Å²) >= 11 is 0. The van der Waals surface area contributed by atoms with Crippen molar-refractivity contribution in [3.05, 3.63) is 40.2 Å². The molecule has 0 unspecified atom stereocenters. The van der Waals surface area contributed by atoms with Gasteiger partial charge in [-0.05, 0) is 12.5 Å². The summed E-state index contributed by atoms with van der Waals surface area (Å²) in [5.41, 5.74) is 1.30. The van der Waals surface area contributed by atoms with E-state index in [0.717, 1.165) is 44.8 Å². The van der Waals surface area contributed by atoms with Crippen LogP contribution in [-0.2, 0) is 11.3 Å². The molecule has 6 heteroatoms. The van der Waals surface area contributed by atoms with E-state index in [1.54, 1.807) is 18.3 Å². The molecule has 0 radical (unpaired) electrons. The van der Waals surface area contributed by atoms with Crippen molar-refractivity contribution in [3.8, 4) is 5.75 Å². The number of benzene rings is 1. The maximum Gasteiger partial charge on any atom is 0.189 e. The Kier molecular flexibility index (Phi) is 5.27. The summed E-state index contributed by atoms with van der Waals surface area (Å²) in [6, 6.07) is 4.97. The van der Waals surface area contributed by atoms with Crippen molar-refractivity contribution in [3.63, 3.8) is 0 Å². The first-order valence-electron chi connectivity index (χ1n) is 7.96. The van der Waals surface area contributed by atoms with Crippen molar-refractivity contribution in [2.45, 2.75) is 13.0 Å². The lowest BCUT2D eigenvalue weighted by Gasteiger charge is -2.26. The van der Waals surface area contributed by atoms with Crippen molar-refractivity contribution in [2.24, 2.45) is 0 Å². The Balaban J connectivity index is 1.63. The quantitative estimate of drug-likeness (QED) is 0.781. The molecule has 124 valence electrons. The number of morpholine rings is 1. The van der Waals surface area contributed by atoms with E-state index < -0.39 is 0 Å². The Bertz CT molecular complexity index is 707. The topological polar surface area (TPSA) is 74.8 Å². The zero-order chi connectivity index (χ0) is 16.1. The lowest BCUT2D eigenvalue weighted by Crippen LogP contribution is -2.37. The minimum Gasteiger partial charge on any atom is -0.493 e. The molecule has 0 spiro atoms. The monoisotopic (exact) mass is 318 g/mol. The number of ether oxygens (including phenoxy) is 2. The average molecular weight is 318 g/mol. The Labute approximate surface area is 134 Å². The van der Waals surface area contributed by atoms with Gasteiger partial charge < -0.3 is 19.6 Å². The predicted molar refractivity (Wildman–Crippen MR) is 87.9 cm³/mol. The van der Waals surface area contributed by atoms with E-state index in [2.05, 4.69) is 9.88 Å². The predicted octanol–water partition coefficient (Wildman–Crippen LogP) is 1.12. The first-order chi connectivity index (χ1) is 11.3. The van der Waals surface area contributed by atoms with Gasteiger partial charge in [0.25, 0.3) is 0 Å². The van der Waals surface area contributed by atoms with Crippen molar-refractivity contribution in [1.82, 2.24) is 9.88 Å². The number of H-pyrrole nitrogens is 1. The molecule has 6 nitrogen and oxygen atoms in total. The van der Waals surface area contributed by atoms with Crippen LogP contribution in [0.1, 0.15) is 12.0 Å². The molecule has 0 amide bonds. The van der Waals surface area contributed by atoms with Gasteiger partial charge in [0.1, 0.15) is 5.75 Å². The van der Waals surface area contributed by atoms with Crippen molar-refractivity contribution in [1.29, 1.82) is 0 Å². The lowest BCUT2D eigenvalue weighted by atomic mass is 10.1. The molecule has 0 aliphatic carbocycles. The summed E-state index contributed by atoms with van der Waals surface area (Å²) in [4.78, 5) is 17.2. The van der Waals surface area contributed by atoms with Gasteiger partial charge in [0.15, 0.2) is 5.43 Å². The molecule has 0 atom stereocenters. The van der Waals surface area contributed by atoms with Gasteiger partial charge in [-0.2, -0.15) is 0 Å². The van der Waals surface area contributed by atoms with Crippen LogP contribution in [0, 0.1) is 0 Å². The number of fused-ring (bicyclic) bond motifs is 1. The number of hydrogen-bond acceptors (Lipinski definition) is 5. The third-order valence-electron chi connectivity index (χ3n) is 4.09. The summed E-state index contributed by atoms with van der Waals surface area (Å²) in [6.07, 6.45) is 2.53. The average Bonchev–Trinajstić information content (AvgIpc) is 2.59. The van der Waals surface area contributed by atoms with Gasteiger partial charge in [-0.25, -0.2) is 0 Å². The lowest BCUT2D eigenvalue weighted by molar-refractivity contribution is 0.0357. The Morgan fingerprint density at radius 3 is 2.91 bits per heavy atom. The molecular formula is C17H22N2O4. The van der Waals surface area contributed by atoms with Crippen molar-refractivity contribution < 1.29 is 14.6 Å². The Morgan fingerprint density at radius 2 is 2.13 bits per heavy atom. The fraction of sp³-hybridized carbons (Fsp3) is 0.471. The highest BCUT2D eigenvalue weighted by atomic mass is 16.5. The van der Waals surface area contributed by atoms with E-state index in [-0.39, 0.29) is 12.0 Å². The van der Waals surface area contributed by atoms with E-state index >= 15 is 0 Å². The smallest absolute Gasteiger partial charge is 0.189 e. The minimum absolute atomic E-state index is 0.0627. The van der Waals surface area contributed by atoms with Crippen LogP contribution < -0.4 is 10.2 Å². The van der Waals surface area contributed by atoms with Gasteiger partial charge in [0.05, 0.1) is 31.9 Å². The van der Waals surface area contributed by atoms with Crippen LogP contribution in [-0.4, -0.2) is 54.4 Å². The zero-order valence-corrected chi connectivity index (χ0v) is 13.1. The maximum absolute atomic E-state index is 11.8. The molecule has 1 aromatic heterocycles. The standard InChI is InChI=1S/C17H22N2O4/c20-12-13-10-14-15(18-3-2-16(14)21)11-17(13)23-7-1-4-19-5-8-22-9-6-19/h2-3,10-11,20H,1,4-9,12H2,(H,18,21). The molecule has 1 aliphatic heterocycles. The molecule has 1 fully saturated rings. The van der Waals surface area contributed by atoms with E-state index in [1.807, 2.05) is 0 Å². The van der Waals surface area contributed by atoms with Crippen molar-refractivity contribution in [2.75, 3.05) is 39.5 Å². The molecule has 2 aromatic rings. The second-order valence-electron chi connectivity index (χ2n) is 5.66. The molecule has 2 heterocycles. The largest absolute Gasteiger partial charge is 0.493 e. The molecule has 1 aliphatic rings. The van der Waals surface area contributed by atoms with Crippen LogP contribution in [0.3, 0.4) is 0 Å². The number of aliphatic hydroxyl groups excluding tert-OH is 1. The van der Waals surface area contributed by atoms with Crippen LogP contribution >= 0.6 is 0 Å². The molecular weight excluding hydrogens is 296 g/mol.